The van der Waals surface area contributed by atoms with Gasteiger partial charge in [-0.3, -0.25) is 4.79 Å². The van der Waals surface area contributed by atoms with Crippen LogP contribution in [0.5, 0.6) is 0 Å². The van der Waals surface area contributed by atoms with E-state index in [1.54, 1.807) is 13.0 Å². The third-order valence-electron chi connectivity index (χ3n) is 3.46. The van der Waals surface area contributed by atoms with E-state index in [9.17, 15) is 9.18 Å². The molecule has 0 bridgehead atoms. The number of ketones is 1. The molecule has 1 rings (SSSR count). The van der Waals surface area contributed by atoms with Crippen molar-refractivity contribution < 1.29 is 9.18 Å². The van der Waals surface area contributed by atoms with E-state index >= 15 is 0 Å². The van der Waals surface area contributed by atoms with Crippen molar-refractivity contribution in [3.8, 4) is 0 Å². The minimum atomic E-state index is -0.289. The normalized spacial score (nSPS) is 13.5. The lowest BCUT2D eigenvalue weighted by Crippen LogP contribution is -2.21. The van der Waals surface area contributed by atoms with Gasteiger partial charge in [-0.05, 0) is 42.0 Å². The quantitative estimate of drug-likeness (QED) is 0.711. The molecule has 0 saturated heterocycles. The number of aryl methyl sites for hydroxylation is 1. The van der Waals surface area contributed by atoms with Crippen molar-refractivity contribution in [3.63, 3.8) is 0 Å². The summed E-state index contributed by atoms with van der Waals surface area (Å²) in [6.45, 7) is 10.2. The Labute approximate surface area is 103 Å². The molecule has 17 heavy (non-hydrogen) atoms. The molecule has 1 aromatic rings. The molecule has 1 atom stereocenters. The molecule has 0 aliphatic rings. The Morgan fingerprint density at radius 3 is 2.41 bits per heavy atom. The second-order valence-corrected chi connectivity index (χ2v) is 5.85. The van der Waals surface area contributed by atoms with Crippen LogP contribution in [0.2, 0.25) is 0 Å². The molecule has 0 heterocycles. The number of carbonyl (C=O) groups excluding carboxylic acids is 1. The van der Waals surface area contributed by atoms with E-state index in [0.29, 0.717) is 17.9 Å². The topological polar surface area (TPSA) is 17.1 Å². The average molecular weight is 236 g/mol. The molecule has 0 radical (unpaired) electrons. The zero-order valence-corrected chi connectivity index (χ0v) is 11.3. The van der Waals surface area contributed by atoms with Crippen molar-refractivity contribution in [2.75, 3.05) is 0 Å². The second kappa shape index (κ2) is 4.99. The summed E-state index contributed by atoms with van der Waals surface area (Å²) in [5.74, 6) is 0.118. The molecule has 0 saturated carbocycles. The van der Waals surface area contributed by atoms with Gasteiger partial charge in [0.1, 0.15) is 5.82 Å². The van der Waals surface area contributed by atoms with E-state index in [1.807, 2.05) is 0 Å². The second-order valence-electron chi connectivity index (χ2n) is 5.85. The van der Waals surface area contributed by atoms with E-state index in [0.717, 1.165) is 5.56 Å². The molecule has 1 aromatic carbocycles. The van der Waals surface area contributed by atoms with Crippen molar-refractivity contribution in [1.82, 2.24) is 0 Å². The van der Waals surface area contributed by atoms with E-state index < -0.39 is 0 Å². The molecule has 0 amide bonds. The fraction of sp³-hybridized carbons (Fsp3) is 0.533. The van der Waals surface area contributed by atoms with Gasteiger partial charge in [0.2, 0.25) is 0 Å². The van der Waals surface area contributed by atoms with Gasteiger partial charge in [0, 0.05) is 12.0 Å². The Morgan fingerprint density at radius 1 is 1.35 bits per heavy atom. The Bertz CT molecular complexity index is 415. The Balaban J connectivity index is 2.84. The monoisotopic (exact) mass is 236 g/mol. The van der Waals surface area contributed by atoms with Crippen LogP contribution in [0.3, 0.4) is 0 Å². The van der Waals surface area contributed by atoms with E-state index in [2.05, 4.69) is 27.7 Å². The first-order valence-electron chi connectivity index (χ1n) is 6.01. The summed E-state index contributed by atoms with van der Waals surface area (Å²) in [6, 6.07) is 4.35. The predicted molar refractivity (Wildman–Crippen MR) is 68.7 cm³/mol. The van der Waals surface area contributed by atoms with Crippen LogP contribution in [-0.4, -0.2) is 5.78 Å². The van der Waals surface area contributed by atoms with Crippen LogP contribution in [0.1, 0.15) is 50.0 Å². The highest BCUT2D eigenvalue weighted by Gasteiger charge is 2.23. The summed E-state index contributed by atoms with van der Waals surface area (Å²) in [5.41, 5.74) is 1.47. The third-order valence-corrected chi connectivity index (χ3v) is 3.46. The first-order valence-corrected chi connectivity index (χ1v) is 6.01. The molecular weight excluding hydrogens is 215 g/mol. The van der Waals surface area contributed by atoms with Gasteiger partial charge in [-0.2, -0.15) is 0 Å². The lowest BCUT2D eigenvalue weighted by Gasteiger charge is -2.26. The summed E-state index contributed by atoms with van der Waals surface area (Å²) in [7, 11) is 0. The van der Waals surface area contributed by atoms with Crippen molar-refractivity contribution in [2.24, 2.45) is 11.3 Å². The molecule has 0 N–H and O–H groups in total. The van der Waals surface area contributed by atoms with Crippen LogP contribution >= 0.6 is 0 Å². The Morgan fingerprint density at radius 2 is 1.94 bits per heavy atom. The summed E-state index contributed by atoms with van der Waals surface area (Å²) < 4.78 is 13.0. The summed E-state index contributed by atoms with van der Waals surface area (Å²) in [4.78, 5) is 12.1. The van der Waals surface area contributed by atoms with Gasteiger partial charge in [0.15, 0.2) is 5.78 Å². The summed E-state index contributed by atoms with van der Waals surface area (Å²) in [5, 5.41) is 0. The highest BCUT2D eigenvalue weighted by Crippen LogP contribution is 2.29. The highest BCUT2D eigenvalue weighted by atomic mass is 19.1. The van der Waals surface area contributed by atoms with Gasteiger partial charge in [0.05, 0.1) is 0 Å². The number of benzene rings is 1. The summed E-state index contributed by atoms with van der Waals surface area (Å²) >= 11 is 0. The van der Waals surface area contributed by atoms with Gasteiger partial charge < -0.3 is 0 Å². The molecule has 0 fully saturated rings. The van der Waals surface area contributed by atoms with Crippen LogP contribution in [0, 0.1) is 24.1 Å². The molecule has 0 aliphatic heterocycles. The van der Waals surface area contributed by atoms with Crippen LogP contribution in [0.15, 0.2) is 18.2 Å². The number of rotatable bonds is 3. The Hall–Kier alpha value is -1.18. The molecular formula is C15H21FO. The van der Waals surface area contributed by atoms with Crippen LogP contribution < -0.4 is 0 Å². The predicted octanol–water partition coefficient (Wildman–Crippen LogP) is 4.39. The lowest BCUT2D eigenvalue weighted by molar-refractivity contribution is 0.0926. The molecule has 1 unspecified atom stereocenters. The number of carbonyl (C=O) groups is 1. The largest absolute Gasteiger partial charge is 0.294 e. The first kappa shape index (κ1) is 13.9. The van der Waals surface area contributed by atoms with E-state index in [1.165, 1.54) is 12.1 Å². The first-order chi connectivity index (χ1) is 7.71. The van der Waals surface area contributed by atoms with E-state index in [4.69, 9.17) is 0 Å². The summed E-state index contributed by atoms with van der Waals surface area (Å²) in [6.07, 6.45) is 0.510. The Kier molecular flexibility index (Phi) is 4.07. The van der Waals surface area contributed by atoms with Crippen molar-refractivity contribution in [1.29, 1.82) is 0 Å². The molecule has 0 aromatic heterocycles. The minimum absolute atomic E-state index is 0.102. The van der Waals surface area contributed by atoms with Gasteiger partial charge >= 0.3 is 0 Å². The van der Waals surface area contributed by atoms with Crippen LogP contribution in [-0.2, 0) is 0 Å². The molecule has 2 heteroatoms. The number of hydrogen-bond acceptors (Lipinski definition) is 1. The lowest BCUT2D eigenvalue weighted by atomic mass is 9.78. The standard InChI is InChI=1S/C15H21FO/c1-10-8-12(16)6-7-13(10)14(17)9-11(2)15(3,4)5/h6-8,11H,9H2,1-5H3. The fourth-order valence-corrected chi connectivity index (χ4v) is 1.63. The van der Waals surface area contributed by atoms with Gasteiger partial charge in [0.25, 0.3) is 0 Å². The van der Waals surface area contributed by atoms with Gasteiger partial charge in [-0.25, -0.2) is 4.39 Å². The molecule has 1 nitrogen and oxygen atoms in total. The fourth-order valence-electron chi connectivity index (χ4n) is 1.63. The maximum atomic E-state index is 13.0. The molecule has 0 aliphatic carbocycles. The third kappa shape index (κ3) is 3.65. The van der Waals surface area contributed by atoms with Gasteiger partial charge in [-0.15, -0.1) is 0 Å². The van der Waals surface area contributed by atoms with Crippen molar-refractivity contribution in [2.45, 2.75) is 41.0 Å². The molecule has 0 spiro atoms. The van der Waals surface area contributed by atoms with Crippen molar-refractivity contribution in [3.05, 3.63) is 35.1 Å². The number of hydrogen-bond donors (Lipinski definition) is 0. The minimum Gasteiger partial charge on any atom is -0.294 e. The van der Waals surface area contributed by atoms with Crippen LogP contribution in [0.4, 0.5) is 4.39 Å². The number of halogens is 1. The highest BCUT2D eigenvalue weighted by molar-refractivity contribution is 5.97. The number of Topliss-reactive ketones (excluding diaryl/α,β-unsaturated/α-hetero) is 1. The maximum Gasteiger partial charge on any atom is 0.163 e. The smallest absolute Gasteiger partial charge is 0.163 e. The SMILES string of the molecule is Cc1cc(F)ccc1C(=O)CC(C)C(C)(C)C. The zero-order chi connectivity index (χ0) is 13.2. The van der Waals surface area contributed by atoms with E-state index in [-0.39, 0.29) is 17.0 Å². The average Bonchev–Trinajstić information content (AvgIpc) is 2.15. The van der Waals surface area contributed by atoms with Crippen LogP contribution in [0.25, 0.3) is 0 Å². The van der Waals surface area contributed by atoms with Gasteiger partial charge in [-0.1, -0.05) is 27.7 Å². The maximum absolute atomic E-state index is 13.0. The van der Waals surface area contributed by atoms with Crippen molar-refractivity contribution >= 4 is 5.78 Å². The molecule has 94 valence electrons. The zero-order valence-electron chi connectivity index (χ0n) is 11.3.